The number of hydrogen-bond acceptors (Lipinski definition) is 4. The number of hydrogen-bond donors (Lipinski definition) is 2. The highest BCUT2D eigenvalue weighted by molar-refractivity contribution is 5.93. The van der Waals surface area contributed by atoms with Crippen molar-refractivity contribution in [1.29, 1.82) is 0 Å². The summed E-state index contributed by atoms with van der Waals surface area (Å²) in [5.74, 6) is -1.14. The molecule has 0 aliphatic carbocycles. The van der Waals surface area contributed by atoms with Crippen molar-refractivity contribution in [2.75, 3.05) is 11.9 Å². The van der Waals surface area contributed by atoms with E-state index in [1.165, 1.54) is 0 Å². The Hall–Kier alpha value is -2.63. The average Bonchev–Trinajstić information content (AvgIpc) is 2.43. The van der Waals surface area contributed by atoms with Crippen LogP contribution in [-0.4, -0.2) is 22.7 Å². The summed E-state index contributed by atoms with van der Waals surface area (Å²) >= 11 is 0. The molecule has 0 unspecified atom stereocenters. The van der Waals surface area contributed by atoms with Crippen LogP contribution >= 0.6 is 0 Å². The monoisotopic (exact) mass is 276 g/mol. The van der Waals surface area contributed by atoms with E-state index < -0.39 is 11.8 Å². The van der Waals surface area contributed by atoms with Crippen LogP contribution in [0.4, 0.5) is 15.9 Å². The molecule has 0 saturated carbocycles. The van der Waals surface area contributed by atoms with Crippen LogP contribution in [-0.2, 0) is 0 Å². The predicted molar refractivity (Wildman–Crippen MR) is 72.0 cm³/mol. The predicted octanol–water partition coefficient (Wildman–Crippen LogP) is 3.06. The van der Waals surface area contributed by atoms with Crippen LogP contribution in [0.25, 0.3) is 0 Å². The number of benzene rings is 1. The number of nitrogens with zero attached hydrogens (tertiary/aromatic N) is 1. The summed E-state index contributed by atoms with van der Waals surface area (Å²) in [4.78, 5) is 14.8. The molecule has 0 saturated heterocycles. The molecule has 0 spiro atoms. The molecule has 5 nitrogen and oxygen atoms in total. The van der Waals surface area contributed by atoms with Gasteiger partial charge in [0, 0.05) is 5.69 Å². The Bertz CT molecular complexity index is 614. The number of pyridine rings is 1. The van der Waals surface area contributed by atoms with Gasteiger partial charge in [-0.15, -0.1) is 0 Å². The standard InChI is InChI=1S/C14H13FN2O3/c1-2-20-11-5-3-10(4-6-11)17-13-12(14(18)19)7-9(15)8-16-13/h3-8H,2H2,1H3,(H,16,17)(H,18,19). The molecule has 0 radical (unpaired) electrons. The number of carboxylic acids is 1. The molecule has 0 atom stereocenters. The van der Waals surface area contributed by atoms with Gasteiger partial charge < -0.3 is 15.2 Å². The molecule has 1 aromatic heterocycles. The van der Waals surface area contributed by atoms with Gasteiger partial charge in [0.15, 0.2) is 0 Å². The number of rotatable bonds is 5. The number of halogens is 1. The summed E-state index contributed by atoms with van der Waals surface area (Å²) in [5, 5.41) is 11.9. The van der Waals surface area contributed by atoms with Gasteiger partial charge in [0.2, 0.25) is 0 Å². The second-order valence-corrected chi connectivity index (χ2v) is 3.94. The fraction of sp³-hybridized carbons (Fsp3) is 0.143. The summed E-state index contributed by atoms with van der Waals surface area (Å²) in [6, 6.07) is 7.86. The van der Waals surface area contributed by atoms with Crippen molar-refractivity contribution < 1.29 is 19.0 Å². The van der Waals surface area contributed by atoms with Crippen molar-refractivity contribution >= 4 is 17.5 Å². The zero-order valence-electron chi connectivity index (χ0n) is 10.8. The summed E-state index contributed by atoms with van der Waals surface area (Å²) in [6.45, 7) is 2.45. The van der Waals surface area contributed by atoms with Crippen molar-refractivity contribution in [2.24, 2.45) is 0 Å². The highest BCUT2D eigenvalue weighted by Crippen LogP contribution is 2.21. The lowest BCUT2D eigenvalue weighted by Gasteiger charge is -2.09. The van der Waals surface area contributed by atoms with Crippen LogP contribution in [0.3, 0.4) is 0 Å². The molecule has 1 heterocycles. The lowest BCUT2D eigenvalue weighted by molar-refractivity contribution is 0.0697. The van der Waals surface area contributed by atoms with Gasteiger partial charge in [0.05, 0.1) is 12.8 Å². The van der Waals surface area contributed by atoms with Crippen molar-refractivity contribution in [3.63, 3.8) is 0 Å². The molecular weight excluding hydrogens is 263 g/mol. The van der Waals surface area contributed by atoms with Crippen molar-refractivity contribution in [1.82, 2.24) is 4.98 Å². The Morgan fingerprint density at radius 2 is 2.10 bits per heavy atom. The van der Waals surface area contributed by atoms with Crippen LogP contribution in [0.5, 0.6) is 5.75 Å². The van der Waals surface area contributed by atoms with E-state index in [9.17, 15) is 9.18 Å². The maximum absolute atomic E-state index is 13.0. The first-order chi connectivity index (χ1) is 9.60. The Balaban J connectivity index is 2.23. The van der Waals surface area contributed by atoms with Gasteiger partial charge in [-0.3, -0.25) is 0 Å². The third-order valence-corrected chi connectivity index (χ3v) is 2.51. The minimum Gasteiger partial charge on any atom is -0.494 e. The molecule has 104 valence electrons. The first-order valence-corrected chi connectivity index (χ1v) is 5.99. The Labute approximate surface area is 115 Å². The third-order valence-electron chi connectivity index (χ3n) is 2.51. The minimum atomic E-state index is -1.24. The SMILES string of the molecule is CCOc1ccc(Nc2ncc(F)cc2C(=O)O)cc1. The lowest BCUT2D eigenvalue weighted by atomic mass is 10.2. The van der Waals surface area contributed by atoms with Gasteiger partial charge in [-0.2, -0.15) is 0 Å². The molecule has 2 aromatic rings. The number of anilines is 2. The van der Waals surface area contributed by atoms with E-state index in [1.807, 2.05) is 6.92 Å². The van der Waals surface area contributed by atoms with Gasteiger partial charge in [-0.05, 0) is 37.3 Å². The van der Waals surface area contributed by atoms with E-state index in [4.69, 9.17) is 9.84 Å². The molecule has 0 bridgehead atoms. The number of aromatic carboxylic acids is 1. The lowest BCUT2D eigenvalue weighted by Crippen LogP contribution is -2.05. The van der Waals surface area contributed by atoms with Gasteiger partial charge in [0.25, 0.3) is 0 Å². The van der Waals surface area contributed by atoms with Crippen LogP contribution in [0.15, 0.2) is 36.5 Å². The van der Waals surface area contributed by atoms with E-state index in [2.05, 4.69) is 10.3 Å². The fourth-order valence-corrected chi connectivity index (χ4v) is 1.64. The van der Waals surface area contributed by atoms with Crippen LogP contribution < -0.4 is 10.1 Å². The van der Waals surface area contributed by atoms with Crippen LogP contribution in [0.1, 0.15) is 17.3 Å². The first kappa shape index (κ1) is 13.8. The number of nitrogens with one attached hydrogen (secondary N) is 1. The maximum Gasteiger partial charge on any atom is 0.339 e. The second kappa shape index (κ2) is 6.01. The van der Waals surface area contributed by atoms with E-state index in [0.29, 0.717) is 18.0 Å². The largest absolute Gasteiger partial charge is 0.494 e. The molecule has 20 heavy (non-hydrogen) atoms. The zero-order chi connectivity index (χ0) is 14.5. The summed E-state index contributed by atoms with van der Waals surface area (Å²) < 4.78 is 18.3. The van der Waals surface area contributed by atoms with E-state index >= 15 is 0 Å². The van der Waals surface area contributed by atoms with Gasteiger partial charge in [-0.25, -0.2) is 14.2 Å². The molecule has 0 aliphatic heterocycles. The summed E-state index contributed by atoms with van der Waals surface area (Å²) in [5.41, 5.74) is 0.411. The highest BCUT2D eigenvalue weighted by atomic mass is 19.1. The maximum atomic E-state index is 13.0. The van der Waals surface area contributed by atoms with Crippen molar-refractivity contribution in [3.8, 4) is 5.75 Å². The average molecular weight is 276 g/mol. The van der Waals surface area contributed by atoms with E-state index in [1.54, 1.807) is 24.3 Å². The summed E-state index contributed by atoms with van der Waals surface area (Å²) in [6.07, 6.45) is 0.962. The molecule has 0 amide bonds. The first-order valence-electron chi connectivity index (χ1n) is 5.99. The molecule has 0 aliphatic rings. The number of carboxylic acid groups (broad SMARTS) is 1. The smallest absolute Gasteiger partial charge is 0.339 e. The van der Waals surface area contributed by atoms with Crippen molar-refractivity contribution in [2.45, 2.75) is 6.92 Å². The second-order valence-electron chi connectivity index (χ2n) is 3.94. The molecule has 2 rings (SSSR count). The molecule has 6 heteroatoms. The van der Waals surface area contributed by atoms with Gasteiger partial charge in [-0.1, -0.05) is 0 Å². The number of ether oxygens (including phenoxy) is 1. The fourth-order valence-electron chi connectivity index (χ4n) is 1.64. The van der Waals surface area contributed by atoms with Gasteiger partial charge in [0.1, 0.15) is 22.9 Å². The Morgan fingerprint density at radius 3 is 2.70 bits per heavy atom. The highest BCUT2D eigenvalue weighted by Gasteiger charge is 2.13. The minimum absolute atomic E-state index is 0.0862. The topological polar surface area (TPSA) is 71.5 Å². The van der Waals surface area contributed by atoms with Crippen LogP contribution in [0.2, 0.25) is 0 Å². The van der Waals surface area contributed by atoms with Crippen LogP contribution in [0, 0.1) is 5.82 Å². The quantitative estimate of drug-likeness (QED) is 0.878. The normalized spacial score (nSPS) is 10.1. The van der Waals surface area contributed by atoms with E-state index in [-0.39, 0.29) is 11.4 Å². The Kier molecular flexibility index (Phi) is 4.14. The van der Waals surface area contributed by atoms with Gasteiger partial charge >= 0.3 is 5.97 Å². The zero-order valence-corrected chi connectivity index (χ0v) is 10.8. The molecule has 2 N–H and O–H groups in total. The molecular formula is C14H13FN2O3. The van der Waals surface area contributed by atoms with E-state index in [0.717, 1.165) is 12.3 Å². The summed E-state index contributed by atoms with van der Waals surface area (Å²) in [7, 11) is 0. The molecule has 0 fully saturated rings. The number of aromatic nitrogens is 1. The Morgan fingerprint density at radius 1 is 1.40 bits per heavy atom. The number of carbonyl (C=O) groups is 1. The van der Waals surface area contributed by atoms with Crippen molar-refractivity contribution in [3.05, 3.63) is 47.9 Å². The third kappa shape index (κ3) is 3.23. The molecule has 1 aromatic carbocycles.